The SMILES string of the molecule is COCC(C)OCC(O)CSc1ccncc1. The van der Waals surface area contributed by atoms with Crippen LogP contribution in [0.2, 0.25) is 0 Å². The lowest BCUT2D eigenvalue weighted by Crippen LogP contribution is -2.24. The van der Waals surface area contributed by atoms with Gasteiger partial charge in [-0.15, -0.1) is 11.8 Å². The van der Waals surface area contributed by atoms with Gasteiger partial charge in [-0.1, -0.05) is 0 Å². The molecule has 0 fully saturated rings. The first-order valence-electron chi connectivity index (χ1n) is 5.53. The number of aliphatic hydroxyl groups is 1. The van der Waals surface area contributed by atoms with Crippen LogP contribution in [0.4, 0.5) is 0 Å². The number of methoxy groups -OCH3 is 1. The predicted octanol–water partition coefficient (Wildman–Crippen LogP) is 1.59. The lowest BCUT2D eigenvalue weighted by molar-refractivity contribution is -0.0257. The predicted molar refractivity (Wildman–Crippen MR) is 68.3 cm³/mol. The minimum absolute atomic E-state index is 0.0144. The highest BCUT2D eigenvalue weighted by atomic mass is 32.2. The minimum Gasteiger partial charge on any atom is -0.390 e. The summed E-state index contributed by atoms with van der Waals surface area (Å²) in [6.07, 6.45) is 3.03. The Morgan fingerprint density at radius 3 is 2.71 bits per heavy atom. The van der Waals surface area contributed by atoms with Crippen LogP contribution in [0.25, 0.3) is 0 Å². The van der Waals surface area contributed by atoms with Crippen LogP contribution in [0.3, 0.4) is 0 Å². The number of hydrogen-bond donors (Lipinski definition) is 1. The Morgan fingerprint density at radius 1 is 1.35 bits per heavy atom. The summed E-state index contributed by atoms with van der Waals surface area (Å²) in [7, 11) is 1.63. The molecule has 0 saturated heterocycles. The standard InChI is InChI=1S/C12H19NO3S/c1-10(7-15-2)16-8-11(14)9-17-12-3-5-13-6-4-12/h3-6,10-11,14H,7-9H2,1-2H3. The summed E-state index contributed by atoms with van der Waals surface area (Å²) in [6, 6.07) is 3.84. The van der Waals surface area contributed by atoms with Gasteiger partial charge in [0.2, 0.25) is 0 Å². The van der Waals surface area contributed by atoms with Gasteiger partial charge >= 0.3 is 0 Å². The fourth-order valence-electron chi connectivity index (χ4n) is 1.23. The normalized spacial score (nSPS) is 14.5. The van der Waals surface area contributed by atoms with Crippen molar-refractivity contribution >= 4 is 11.8 Å². The maximum absolute atomic E-state index is 9.73. The third-order valence-corrected chi connectivity index (χ3v) is 3.22. The Balaban J connectivity index is 2.15. The largest absolute Gasteiger partial charge is 0.390 e. The summed E-state index contributed by atoms with van der Waals surface area (Å²) >= 11 is 1.59. The Hall–Kier alpha value is -0.620. The molecular formula is C12H19NO3S. The van der Waals surface area contributed by atoms with Gasteiger partial charge in [0.25, 0.3) is 0 Å². The second kappa shape index (κ2) is 8.47. The van der Waals surface area contributed by atoms with Gasteiger partial charge in [-0.3, -0.25) is 4.98 Å². The molecule has 0 aliphatic rings. The zero-order valence-electron chi connectivity index (χ0n) is 10.2. The number of aromatic nitrogens is 1. The van der Waals surface area contributed by atoms with Crippen LogP contribution < -0.4 is 0 Å². The maximum Gasteiger partial charge on any atom is 0.0867 e. The van der Waals surface area contributed by atoms with Crippen LogP contribution in [0.1, 0.15) is 6.92 Å². The van der Waals surface area contributed by atoms with Crippen LogP contribution in [-0.4, -0.2) is 48.4 Å². The number of hydrogen-bond acceptors (Lipinski definition) is 5. The van der Waals surface area contributed by atoms with E-state index in [9.17, 15) is 5.11 Å². The van der Waals surface area contributed by atoms with Crippen molar-refractivity contribution in [3.63, 3.8) is 0 Å². The molecule has 96 valence electrons. The first-order valence-corrected chi connectivity index (χ1v) is 6.52. The molecule has 1 aromatic rings. The molecule has 0 spiro atoms. The van der Waals surface area contributed by atoms with Crippen molar-refractivity contribution in [1.82, 2.24) is 4.98 Å². The van der Waals surface area contributed by atoms with Crippen molar-refractivity contribution in [2.75, 3.05) is 26.1 Å². The highest BCUT2D eigenvalue weighted by Gasteiger charge is 2.08. The Bertz CT molecular complexity index is 297. The fraction of sp³-hybridized carbons (Fsp3) is 0.583. The van der Waals surface area contributed by atoms with Crippen LogP contribution in [-0.2, 0) is 9.47 Å². The van der Waals surface area contributed by atoms with E-state index in [1.54, 1.807) is 31.3 Å². The average Bonchev–Trinajstić information content (AvgIpc) is 2.35. The van der Waals surface area contributed by atoms with E-state index in [0.29, 0.717) is 19.0 Å². The van der Waals surface area contributed by atoms with Gasteiger partial charge in [0, 0.05) is 30.2 Å². The quantitative estimate of drug-likeness (QED) is 0.717. The van der Waals surface area contributed by atoms with Gasteiger partial charge in [-0.05, 0) is 19.1 Å². The molecule has 4 nitrogen and oxygen atoms in total. The average molecular weight is 257 g/mol. The third kappa shape index (κ3) is 6.63. The maximum atomic E-state index is 9.73. The van der Waals surface area contributed by atoms with Crippen molar-refractivity contribution in [2.45, 2.75) is 24.0 Å². The number of ether oxygens (including phenoxy) is 2. The molecule has 1 rings (SSSR count). The molecule has 0 bridgehead atoms. The molecule has 1 N–H and O–H groups in total. The molecule has 0 aromatic carbocycles. The highest BCUT2D eigenvalue weighted by Crippen LogP contribution is 2.17. The zero-order chi connectivity index (χ0) is 12.5. The third-order valence-electron chi connectivity index (χ3n) is 2.07. The van der Waals surface area contributed by atoms with Crippen LogP contribution >= 0.6 is 11.8 Å². The molecule has 17 heavy (non-hydrogen) atoms. The van der Waals surface area contributed by atoms with E-state index in [-0.39, 0.29) is 6.10 Å². The summed E-state index contributed by atoms with van der Waals surface area (Å²) in [5, 5.41) is 9.73. The summed E-state index contributed by atoms with van der Waals surface area (Å²) < 4.78 is 10.4. The Kier molecular flexibility index (Phi) is 7.19. The summed E-state index contributed by atoms with van der Waals surface area (Å²) in [5.41, 5.74) is 0. The van der Waals surface area contributed by atoms with E-state index in [4.69, 9.17) is 9.47 Å². The summed E-state index contributed by atoms with van der Waals surface area (Å²) in [6.45, 7) is 2.80. The van der Waals surface area contributed by atoms with Crippen LogP contribution in [0, 0.1) is 0 Å². The molecule has 0 aliphatic heterocycles. The molecule has 0 radical (unpaired) electrons. The second-order valence-corrected chi connectivity index (χ2v) is 4.84. The van der Waals surface area contributed by atoms with Crippen molar-refractivity contribution < 1.29 is 14.6 Å². The number of rotatable bonds is 8. The molecule has 5 heteroatoms. The number of pyridine rings is 1. The first kappa shape index (κ1) is 14.4. The highest BCUT2D eigenvalue weighted by molar-refractivity contribution is 7.99. The Labute approximate surface area is 106 Å². The second-order valence-electron chi connectivity index (χ2n) is 3.75. The van der Waals surface area contributed by atoms with Gasteiger partial charge in [-0.2, -0.15) is 0 Å². The molecule has 0 amide bonds. The molecule has 1 heterocycles. The van der Waals surface area contributed by atoms with Gasteiger partial charge in [0.05, 0.1) is 25.4 Å². The van der Waals surface area contributed by atoms with E-state index in [0.717, 1.165) is 4.90 Å². The zero-order valence-corrected chi connectivity index (χ0v) is 11.0. The van der Waals surface area contributed by atoms with Crippen molar-refractivity contribution in [1.29, 1.82) is 0 Å². The Morgan fingerprint density at radius 2 is 2.06 bits per heavy atom. The van der Waals surface area contributed by atoms with Gasteiger partial charge in [0.1, 0.15) is 0 Å². The molecule has 0 saturated carbocycles. The summed E-state index contributed by atoms with van der Waals surface area (Å²) in [4.78, 5) is 5.04. The first-order chi connectivity index (χ1) is 8.22. The molecule has 2 atom stereocenters. The smallest absolute Gasteiger partial charge is 0.0867 e. The van der Waals surface area contributed by atoms with Crippen molar-refractivity contribution in [2.24, 2.45) is 0 Å². The van der Waals surface area contributed by atoms with E-state index >= 15 is 0 Å². The van der Waals surface area contributed by atoms with E-state index < -0.39 is 6.10 Å². The van der Waals surface area contributed by atoms with E-state index in [1.807, 2.05) is 19.1 Å². The van der Waals surface area contributed by atoms with Gasteiger partial charge < -0.3 is 14.6 Å². The monoisotopic (exact) mass is 257 g/mol. The lowest BCUT2D eigenvalue weighted by atomic mass is 10.4. The lowest BCUT2D eigenvalue weighted by Gasteiger charge is -2.15. The van der Waals surface area contributed by atoms with E-state index in [2.05, 4.69) is 4.98 Å². The fourth-order valence-corrected chi connectivity index (χ4v) is 2.03. The van der Waals surface area contributed by atoms with Crippen molar-refractivity contribution in [3.05, 3.63) is 24.5 Å². The number of thioether (sulfide) groups is 1. The topological polar surface area (TPSA) is 51.6 Å². The van der Waals surface area contributed by atoms with Crippen molar-refractivity contribution in [3.8, 4) is 0 Å². The molecule has 1 aromatic heterocycles. The molecule has 0 aliphatic carbocycles. The summed E-state index contributed by atoms with van der Waals surface area (Å²) in [5.74, 6) is 0.615. The van der Waals surface area contributed by atoms with Crippen LogP contribution in [0.15, 0.2) is 29.4 Å². The van der Waals surface area contributed by atoms with E-state index in [1.165, 1.54) is 0 Å². The number of aliphatic hydroxyl groups excluding tert-OH is 1. The number of nitrogens with zero attached hydrogens (tertiary/aromatic N) is 1. The van der Waals surface area contributed by atoms with Crippen LogP contribution in [0.5, 0.6) is 0 Å². The minimum atomic E-state index is -0.465. The molecule has 2 unspecified atom stereocenters. The molecular weight excluding hydrogens is 238 g/mol. The van der Waals surface area contributed by atoms with Gasteiger partial charge in [-0.25, -0.2) is 0 Å². The van der Waals surface area contributed by atoms with Gasteiger partial charge in [0.15, 0.2) is 0 Å².